The lowest BCUT2D eigenvalue weighted by Crippen LogP contribution is -2.11. The number of aromatic carboxylic acids is 1. The summed E-state index contributed by atoms with van der Waals surface area (Å²) in [5, 5.41) is 20.1. The number of allylic oxidation sites excluding steroid dienone is 5. The molecule has 0 atom stereocenters. The standard InChI is InChI=1S/C26H26O4/c1-15(2)21-13-17(9-11-23(21)27)25(19-7-5-6-8-20(19)26(29)30)18-10-12-24(28)22(14-18)16(3)4/h5-16,27H,1-4H3,(H,29,30)/b25-18+. The molecule has 0 aromatic heterocycles. The van der Waals surface area contributed by atoms with E-state index in [0.717, 1.165) is 22.3 Å². The summed E-state index contributed by atoms with van der Waals surface area (Å²) < 4.78 is 0. The molecule has 1 aliphatic carbocycles. The number of benzene rings is 2. The molecule has 4 nitrogen and oxygen atoms in total. The van der Waals surface area contributed by atoms with Crippen molar-refractivity contribution in [2.45, 2.75) is 33.6 Å². The van der Waals surface area contributed by atoms with Crippen molar-refractivity contribution in [3.05, 3.63) is 94.1 Å². The zero-order valence-corrected chi connectivity index (χ0v) is 17.6. The summed E-state index contributed by atoms with van der Waals surface area (Å²) in [6.07, 6.45) is 5.13. The van der Waals surface area contributed by atoms with E-state index in [9.17, 15) is 19.8 Å². The first-order chi connectivity index (χ1) is 14.2. The second kappa shape index (κ2) is 8.54. The largest absolute Gasteiger partial charge is 0.508 e. The van der Waals surface area contributed by atoms with Gasteiger partial charge in [-0.05, 0) is 70.0 Å². The second-order valence-electron chi connectivity index (χ2n) is 8.06. The molecule has 2 N–H and O–H groups in total. The van der Waals surface area contributed by atoms with Gasteiger partial charge in [0.15, 0.2) is 5.78 Å². The number of phenolic OH excluding ortho intramolecular Hbond substituents is 1. The Morgan fingerprint density at radius 3 is 2.17 bits per heavy atom. The molecule has 3 rings (SSSR count). The normalized spacial score (nSPS) is 15.5. The third kappa shape index (κ3) is 4.13. The molecule has 2 aromatic rings. The minimum absolute atomic E-state index is 0.0341. The Kier molecular flexibility index (Phi) is 6.06. The van der Waals surface area contributed by atoms with Gasteiger partial charge in [0.25, 0.3) is 0 Å². The Balaban J connectivity index is 2.38. The van der Waals surface area contributed by atoms with Crippen LogP contribution in [0.25, 0.3) is 5.57 Å². The lowest BCUT2D eigenvalue weighted by Gasteiger charge is -2.20. The molecule has 1 aliphatic rings. The average Bonchev–Trinajstić information content (AvgIpc) is 2.70. The first kappa shape index (κ1) is 21.3. The Hall–Kier alpha value is -3.40. The van der Waals surface area contributed by atoms with Crippen molar-refractivity contribution < 1.29 is 19.8 Å². The molecule has 0 radical (unpaired) electrons. The maximum atomic E-state index is 12.3. The highest BCUT2D eigenvalue weighted by Gasteiger charge is 2.22. The van der Waals surface area contributed by atoms with Crippen molar-refractivity contribution in [1.29, 1.82) is 0 Å². The van der Waals surface area contributed by atoms with Gasteiger partial charge in [-0.3, -0.25) is 4.79 Å². The van der Waals surface area contributed by atoms with Crippen LogP contribution in [-0.4, -0.2) is 22.0 Å². The number of hydrogen-bond donors (Lipinski definition) is 2. The van der Waals surface area contributed by atoms with Gasteiger partial charge < -0.3 is 10.2 Å². The van der Waals surface area contributed by atoms with E-state index in [0.29, 0.717) is 11.1 Å². The van der Waals surface area contributed by atoms with Crippen LogP contribution in [-0.2, 0) is 4.79 Å². The molecule has 0 amide bonds. The lowest BCUT2D eigenvalue weighted by molar-refractivity contribution is -0.111. The number of ketones is 1. The summed E-state index contributed by atoms with van der Waals surface area (Å²) in [4.78, 5) is 24.3. The summed E-state index contributed by atoms with van der Waals surface area (Å²) in [6.45, 7) is 7.91. The van der Waals surface area contributed by atoms with Gasteiger partial charge in [-0.15, -0.1) is 0 Å². The molecular formula is C26H26O4. The molecular weight excluding hydrogens is 376 g/mol. The smallest absolute Gasteiger partial charge is 0.336 e. The highest BCUT2D eigenvalue weighted by Crippen LogP contribution is 2.36. The number of hydrogen-bond acceptors (Lipinski definition) is 3. The number of carbonyl (C=O) groups is 2. The highest BCUT2D eigenvalue weighted by atomic mass is 16.4. The SMILES string of the molecule is CC(C)C1=C/C(=C(\c2ccc(O)c(C(C)C)c2)c2ccccc2C(=O)O)C=CC1=O. The summed E-state index contributed by atoms with van der Waals surface area (Å²) in [5.41, 5.74) is 4.49. The van der Waals surface area contributed by atoms with Crippen molar-refractivity contribution in [2.75, 3.05) is 0 Å². The van der Waals surface area contributed by atoms with Crippen molar-refractivity contribution in [3.63, 3.8) is 0 Å². The van der Waals surface area contributed by atoms with Crippen LogP contribution in [0.1, 0.15) is 60.7 Å². The van der Waals surface area contributed by atoms with E-state index in [1.165, 1.54) is 6.08 Å². The van der Waals surface area contributed by atoms with Crippen LogP contribution in [0.5, 0.6) is 5.75 Å². The Labute approximate surface area is 176 Å². The molecule has 0 saturated carbocycles. The monoisotopic (exact) mass is 402 g/mol. The van der Waals surface area contributed by atoms with E-state index in [1.54, 1.807) is 42.5 Å². The van der Waals surface area contributed by atoms with Crippen LogP contribution < -0.4 is 0 Å². The summed E-state index contributed by atoms with van der Waals surface area (Å²) in [6, 6.07) is 12.2. The quantitative estimate of drug-likeness (QED) is 0.669. The number of aromatic hydroxyl groups is 1. The van der Waals surface area contributed by atoms with Crippen molar-refractivity contribution in [1.82, 2.24) is 0 Å². The van der Waals surface area contributed by atoms with E-state index in [-0.39, 0.29) is 28.9 Å². The summed E-state index contributed by atoms with van der Waals surface area (Å²) in [5.74, 6) is -0.711. The zero-order valence-electron chi connectivity index (χ0n) is 17.6. The molecule has 0 bridgehead atoms. The van der Waals surface area contributed by atoms with Gasteiger partial charge in [0.05, 0.1) is 5.56 Å². The molecule has 0 spiro atoms. The van der Waals surface area contributed by atoms with Crippen LogP contribution in [0, 0.1) is 5.92 Å². The Morgan fingerprint density at radius 2 is 1.57 bits per heavy atom. The van der Waals surface area contributed by atoms with E-state index in [4.69, 9.17) is 0 Å². The fraction of sp³-hybridized carbons (Fsp3) is 0.231. The van der Waals surface area contributed by atoms with Gasteiger partial charge in [-0.2, -0.15) is 0 Å². The fourth-order valence-corrected chi connectivity index (χ4v) is 3.69. The van der Waals surface area contributed by atoms with Gasteiger partial charge >= 0.3 is 5.97 Å². The van der Waals surface area contributed by atoms with Gasteiger partial charge in [0.1, 0.15) is 5.75 Å². The van der Waals surface area contributed by atoms with Crippen molar-refractivity contribution >= 4 is 17.3 Å². The fourth-order valence-electron chi connectivity index (χ4n) is 3.69. The molecule has 2 aromatic carbocycles. The molecule has 30 heavy (non-hydrogen) atoms. The number of carbonyl (C=O) groups excluding carboxylic acids is 1. The van der Waals surface area contributed by atoms with E-state index < -0.39 is 5.97 Å². The zero-order chi connectivity index (χ0) is 22.0. The Bertz CT molecular complexity index is 1100. The van der Waals surface area contributed by atoms with Gasteiger partial charge in [0, 0.05) is 5.57 Å². The van der Waals surface area contributed by atoms with E-state index >= 15 is 0 Å². The molecule has 0 unspecified atom stereocenters. The molecule has 0 heterocycles. The number of rotatable bonds is 5. The highest BCUT2D eigenvalue weighted by molar-refractivity contribution is 6.08. The van der Waals surface area contributed by atoms with Crippen LogP contribution in [0.15, 0.2) is 71.8 Å². The molecule has 0 aliphatic heterocycles. The molecule has 4 heteroatoms. The first-order valence-electron chi connectivity index (χ1n) is 10.0. The number of carboxylic acids is 1. The summed E-state index contributed by atoms with van der Waals surface area (Å²) >= 11 is 0. The van der Waals surface area contributed by atoms with Crippen molar-refractivity contribution in [2.24, 2.45) is 5.92 Å². The van der Waals surface area contributed by atoms with E-state index in [1.807, 2.05) is 39.8 Å². The minimum atomic E-state index is -1.02. The maximum Gasteiger partial charge on any atom is 0.336 e. The van der Waals surface area contributed by atoms with Gasteiger partial charge in [-0.25, -0.2) is 4.79 Å². The average molecular weight is 402 g/mol. The van der Waals surface area contributed by atoms with Crippen LogP contribution in [0.4, 0.5) is 0 Å². The predicted octanol–water partition coefficient (Wildman–Crippen LogP) is 5.74. The van der Waals surface area contributed by atoms with Crippen LogP contribution >= 0.6 is 0 Å². The molecule has 154 valence electrons. The summed E-state index contributed by atoms with van der Waals surface area (Å²) in [7, 11) is 0. The van der Waals surface area contributed by atoms with Gasteiger partial charge in [-0.1, -0.05) is 58.0 Å². The van der Waals surface area contributed by atoms with Crippen LogP contribution in [0.2, 0.25) is 0 Å². The maximum absolute atomic E-state index is 12.3. The number of phenols is 1. The van der Waals surface area contributed by atoms with Crippen LogP contribution in [0.3, 0.4) is 0 Å². The van der Waals surface area contributed by atoms with E-state index in [2.05, 4.69) is 0 Å². The second-order valence-corrected chi connectivity index (χ2v) is 8.06. The van der Waals surface area contributed by atoms with Crippen molar-refractivity contribution in [3.8, 4) is 5.75 Å². The topological polar surface area (TPSA) is 74.6 Å². The third-order valence-electron chi connectivity index (χ3n) is 5.29. The van der Waals surface area contributed by atoms with Gasteiger partial charge in [0.2, 0.25) is 0 Å². The third-order valence-corrected chi connectivity index (χ3v) is 5.29. The lowest BCUT2D eigenvalue weighted by atomic mass is 9.84. The number of carboxylic acid groups (broad SMARTS) is 1. The molecule has 0 saturated heterocycles. The predicted molar refractivity (Wildman–Crippen MR) is 119 cm³/mol. The Morgan fingerprint density at radius 1 is 0.900 bits per heavy atom. The minimum Gasteiger partial charge on any atom is -0.508 e. The first-order valence-corrected chi connectivity index (χ1v) is 10.0. The molecule has 0 fully saturated rings.